The monoisotopic (exact) mass is 360 g/mol. The smallest absolute Gasteiger partial charge is 0.229 e. The SMILES string of the molecule is CNc1cc(C)nc(NC2=CC(C)C(C)C(c3cnc4cc[nH]c4c3)=C2)n1. The molecule has 3 aromatic heterocycles. The van der Waals surface area contributed by atoms with E-state index in [1.165, 1.54) is 5.57 Å². The van der Waals surface area contributed by atoms with E-state index in [-0.39, 0.29) is 0 Å². The second-order valence-corrected chi connectivity index (χ2v) is 7.10. The van der Waals surface area contributed by atoms with Crippen molar-refractivity contribution in [2.45, 2.75) is 20.8 Å². The zero-order valence-electron chi connectivity index (χ0n) is 16.0. The Hall–Kier alpha value is -3.15. The van der Waals surface area contributed by atoms with E-state index in [1.54, 1.807) is 0 Å². The van der Waals surface area contributed by atoms with E-state index in [1.807, 2.05) is 38.5 Å². The van der Waals surface area contributed by atoms with Crippen LogP contribution in [-0.2, 0) is 0 Å². The fourth-order valence-electron chi connectivity index (χ4n) is 3.46. The summed E-state index contributed by atoms with van der Waals surface area (Å²) in [7, 11) is 1.86. The van der Waals surface area contributed by atoms with Crippen molar-refractivity contribution in [1.29, 1.82) is 0 Å². The van der Waals surface area contributed by atoms with Crippen LogP contribution in [0.1, 0.15) is 25.1 Å². The van der Waals surface area contributed by atoms with Crippen LogP contribution in [0.4, 0.5) is 11.8 Å². The lowest BCUT2D eigenvalue weighted by molar-refractivity contribution is 0.564. The van der Waals surface area contributed by atoms with E-state index in [0.717, 1.165) is 33.8 Å². The van der Waals surface area contributed by atoms with Crippen LogP contribution < -0.4 is 10.6 Å². The molecule has 3 heterocycles. The second kappa shape index (κ2) is 6.87. The van der Waals surface area contributed by atoms with Gasteiger partial charge in [0.15, 0.2) is 0 Å². The average molecular weight is 360 g/mol. The number of aryl methyl sites for hydroxylation is 1. The molecule has 6 heteroatoms. The molecule has 0 saturated heterocycles. The molecule has 3 N–H and O–H groups in total. The van der Waals surface area contributed by atoms with Crippen LogP contribution in [0, 0.1) is 18.8 Å². The van der Waals surface area contributed by atoms with E-state index in [9.17, 15) is 0 Å². The number of aromatic amines is 1. The van der Waals surface area contributed by atoms with Crippen molar-refractivity contribution in [3.8, 4) is 0 Å². The number of H-pyrrole nitrogens is 1. The van der Waals surface area contributed by atoms with Gasteiger partial charge in [0.05, 0.1) is 11.0 Å². The first-order valence-electron chi connectivity index (χ1n) is 9.21. The summed E-state index contributed by atoms with van der Waals surface area (Å²) >= 11 is 0. The van der Waals surface area contributed by atoms with Crippen LogP contribution in [0.15, 0.2) is 48.4 Å². The highest BCUT2D eigenvalue weighted by Crippen LogP contribution is 2.35. The number of aromatic nitrogens is 4. The predicted octanol–water partition coefficient (Wildman–Crippen LogP) is 4.37. The maximum absolute atomic E-state index is 4.57. The first-order chi connectivity index (χ1) is 13.0. The molecule has 2 unspecified atom stereocenters. The fourth-order valence-corrected chi connectivity index (χ4v) is 3.46. The summed E-state index contributed by atoms with van der Waals surface area (Å²) in [5.41, 5.74) is 6.36. The number of allylic oxidation sites excluding steroid dienone is 3. The third kappa shape index (κ3) is 3.43. The predicted molar refractivity (Wildman–Crippen MR) is 110 cm³/mol. The van der Waals surface area contributed by atoms with Gasteiger partial charge in [0.2, 0.25) is 5.95 Å². The number of rotatable bonds is 4. The van der Waals surface area contributed by atoms with Gasteiger partial charge in [-0.1, -0.05) is 19.9 Å². The third-order valence-electron chi connectivity index (χ3n) is 5.13. The number of anilines is 2. The molecule has 1 aliphatic carbocycles. The van der Waals surface area contributed by atoms with Crippen molar-refractivity contribution in [2.75, 3.05) is 17.7 Å². The molecule has 0 amide bonds. The highest BCUT2D eigenvalue weighted by atomic mass is 15.1. The number of nitrogens with zero attached hydrogens (tertiary/aromatic N) is 3. The molecule has 138 valence electrons. The number of hydrogen-bond donors (Lipinski definition) is 3. The molecule has 2 atom stereocenters. The lowest BCUT2D eigenvalue weighted by Crippen LogP contribution is -2.16. The number of pyridine rings is 1. The van der Waals surface area contributed by atoms with Crippen LogP contribution in [0.2, 0.25) is 0 Å². The summed E-state index contributed by atoms with van der Waals surface area (Å²) in [6, 6.07) is 6.08. The molecule has 1 aliphatic rings. The second-order valence-electron chi connectivity index (χ2n) is 7.10. The van der Waals surface area contributed by atoms with Crippen molar-refractivity contribution in [3.05, 3.63) is 59.7 Å². The average Bonchev–Trinajstić information content (AvgIpc) is 3.11. The Kier molecular flexibility index (Phi) is 4.39. The largest absolute Gasteiger partial charge is 0.373 e. The summed E-state index contributed by atoms with van der Waals surface area (Å²) in [4.78, 5) is 16.8. The van der Waals surface area contributed by atoms with Crippen molar-refractivity contribution < 1.29 is 0 Å². The van der Waals surface area contributed by atoms with Crippen LogP contribution in [-0.4, -0.2) is 27.0 Å². The maximum atomic E-state index is 4.57. The molecule has 0 bridgehead atoms. The standard InChI is InChI=1S/C21H24N6/c1-12-7-16(26-21-25-13(2)8-20(22-4)27-21)10-17(14(12)3)15-9-19-18(24-11-15)5-6-23-19/h5-12,14,23H,1-4H3,(H2,22,25,26,27). The first-order valence-corrected chi connectivity index (χ1v) is 9.21. The summed E-state index contributed by atoms with van der Waals surface area (Å²) in [5.74, 6) is 2.19. The van der Waals surface area contributed by atoms with Crippen molar-refractivity contribution >= 4 is 28.4 Å². The van der Waals surface area contributed by atoms with E-state index in [4.69, 9.17) is 0 Å². The van der Waals surface area contributed by atoms with E-state index in [0.29, 0.717) is 17.8 Å². The van der Waals surface area contributed by atoms with Crippen LogP contribution in [0.3, 0.4) is 0 Å². The van der Waals surface area contributed by atoms with Gasteiger partial charge in [-0.15, -0.1) is 0 Å². The number of fused-ring (bicyclic) bond motifs is 1. The summed E-state index contributed by atoms with van der Waals surface area (Å²) < 4.78 is 0. The number of nitrogens with one attached hydrogen (secondary N) is 3. The Morgan fingerprint density at radius 2 is 2.00 bits per heavy atom. The summed E-state index contributed by atoms with van der Waals surface area (Å²) in [5, 5.41) is 6.45. The number of hydrogen-bond acceptors (Lipinski definition) is 5. The topological polar surface area (TPSA) is 78.5 Å². The van der Waals surface area contributed by atoms with Gasteiger partial charge in [-0.25, -0.2) is 4.98 Å². The van der Waals surface area contributed by atoms with Gasteiger partial charge in [-0.05, 0) is 48.1 Å². The zero-order valence-corrected chi connectivity index (χ0v) is 16.0. The lowest BCUT2D eigenvalue weighted by Gasteiger charge is -2.26. The van der Waals surface area contributed by atoms with E-state index < -0.39 is 0 Å². The molecule has 27 heavy (non-hydrogen) atoms. The van der Waals surface area contributed by atoms with Crippen LogP contribution >= 0.6 is 0 Å². The van der Waals surface area contributed by atoms with Crippen molar-refractivity contribution in [3.63, 3.8) is 0 Å². The van der Waals surface area contributed by atoms with Gasteiger partial charge >= 0.3 is 0 Å². The Bertz CT molecular complexity index is 1050. The molecule has 0 aliphatic heterocycles. The lowest BCUT2D eigenvalue weighted by atomic mass is 9.81. The molecule has 0 radical (unpaired) electrons. The highest BCUT2D eigenvalue weighted by molar-refractivity contribution is 5.81. The zero-order chi connectivity index (χ0) is 19.0. The Labute approximate surface area is 158 Å². The molecule has 0 aromatic carbocycles. The molecule has 4 rings (SSSR count). The molecule has 0 fully saturated rings. The van der Waals surface area contributed by atoms with Crippen molar-refractivity contribution in [2.24, 2.45) is 11.8 Å². The minimum absolute atomic E-state index is 0.389. The fraction of sp³-hybridized carbons (Fsp3) is 0.286. The normalized spacial score (nSPS) is 19.6. The molecule has 0 spiro atoms. The molecule has 6 nitrogen and oxygen atoms in total. The van der Waals surface area contributed by atoms with Gasteiger partial charge < -0.3 is 15.6 Å². The van der Waals surface area contributed by atoms with Gasteiger partial charge in [-0.2, -0.15) is 4.98 Å². The van der Waals surface area contributed by atoms with Crippen LogP contribution in [0.5, 0.6) is 0 Å². The molecule has 0 saturated carbocycles. The minimum Gasteiger partial charge on any atom is -0.373 e. The van der Waals surface area contributed by atoms with Crippen LogP contribution in [0.25, 0.3) is 16.6 Å². The Morgan fingerprint density at radius 3 is 2.81 bits per heavy atom. The molecular weight excluding hydrogens is 336 g/mol. The van der Waals surface area contributed by atoms with Crippen molar-refractivity contribution in [1.82, 2.24) is 19.9 Å². The van der Waals surface area contributed by atoms with E-state index >= 15 is 0 Å². The molecule has 3 aromatic rings. The molecular formula is C21H24N6. The third-order valence-corrected chi connectivity index (χ3v) is 5.13. The van der Waals surface area contributed by atoms with Gasteiger partial charge in [0, 0.05) is 36.9 Å². The quantitative estimate of drug-likeness (QED) is 0.644. The van der Waals surface area contributed by atoms with Gasteiger partial charge in [0.1, 0.15) is 5.82 Å². The first kappa shape index (κ1) is 17.3. The van der Waals surface area contributed by atoms with E-state index in [2.05, 4.69) is 62.6 Å². The Morgan fingerprint density at radius 1 is 1.15 bits per heavy atom. The Balaban J connectivity index is 1.69. The highest BCUT2D eigenvalue weighted by Gasteiger charge is 2.22. The summed E-state index contributed by atoms with van der Waals surface area (Å²) in [6.45, 7) is 6.45. The van der Waals surface area contributed by atoms with Gasteiger partial charge in [0.25, 0.3) is 0 Å². The minimum atomic E-state index is 0.389. The van der Waals surface area contributed by atoms with Gasteiger partial charge in [-0.3, -0.25) is 4.98 Å². The summed E-state index contributed by atoms with van der Waals surface area (Å²) in [6.07, 6.45) is 8.29. The maximum Gasteiger partial charge on any atom is 0.229 e.